The van der Waals surface area contributed by atoms with Crippen LogP contribution in [-0.4, -0.2) is 26.3 Å². The van der Waals surface area contributed by atoms with Crippen LogP contribution in [0.5, 0.6) is 0 Å². The monoisotopic (exact) mass is 368 g/mol. The number of nitrogens with one attached hydrogen (secondary N) is 1. The lowest BCUT2D eigenvalue weighted by Gasteiger charge is -2.29. The van der Waals surface area contributed by atoms with Crippen LogP contribution in [0.2, 0.25) is 0 Å². The Hall–Kier alpha value is -2.37. The summed E-state index contributed by atoms with van der Waals surface area (Å²) in [5.74, 6) is 1.31. The predicted octanol–water partition coefficient (Wildman–Crippen LogP) is 2.61. The van der Waals surface area contributed by atoms with Crippen molar-refractivity contribution in [1.82, 2.24) is 19.7 Å². The van der Waals surface area contributed by atoms with Gasteiger partial charge >= 0.3 is 5.69 Å². The van der Waals surface area contributed by atoms with Gasteiger partial charge in [-0.3, -0.25) is 9.36 Å². The van der Waals surface area contributed by atoms with E-state index in [1.807, 2.05) is 6.07 Å². The zero-order chi connectivity index (χ0) is 18.6. The molecule has 0 saturated heterocycles. The van der Waals surface area contributed by atoms with E-state index < -0.39 is 0 Å². The Morgan fingerprint density at radius 2 is 1.85 bits per heavy atom. The summed E-state index contributed by atoms with van der Waals surface area (Å²) in [5.41, 5.74) is 1.25. The molecule has 1 aromatic heterocycles. The van der Waals surface area contributed by atoms with Crippen LogP contribution in [-0.2, 0) is 24.3 Å². The van der Waals surface area contributed by atoms with Crippen LogP contribution in [0.25, 0.3) is 0 Å². The molecule has 0 radical (unpaired) electrons. The van der Waals surface area contributed by atoms with Crippen LogP contribution in [0.1, 0.15) is 62.3 Å². The van der Waals surface area contributed by atoms with Gasteiger partial charge in [0, 0.05) is 19.0 Å². The first kappa shape index (κ1) is 18.0. The van der Waals surface area contributed by atoms with E-state index in [0.29, 0.717) is 5.92 Å². The lowest BCUT2D eigenvalue weighted by atomic mass is 9.82. The third kappa shape index (κ3) is 4.15. The summed E-state index contributed by atoms with van der Waals surface area (Å²) in [6, 6.07) is 10.8. The number of nitrogens with zero attached hydrogens (tertiary/aromatic N) is 3. The first-order valence-corrected chi connectivity index (χ1v) is 10.2. The van der Waals surface area contributed by atoms with E-state index in [4.69, 9.17) is 0 Å². The minimum absolute atomic E-state index is 0.0252. The highest BCUT2D eigenvalue weighted by Gasteiger charge is 2.24. The molecule has 6 heteroatoms. The molecule has 1 amide bonds. The minimum Gasteiger partial charge on any atom is -0.352 e. The Morgan fingerprint density at radius 1 is 1.07 bits per heavy atom. The predicted molar refractivity (Wildman–Crippen MR) is 104 cm³/mol. The van der Waals surface area contributed by atoms with Crippen molar-refractivity contribution >= 4 is 5.91 Å². The van der Waals surface area contributed by atoms with Gasteiger partial charge in [0.15, 0.2) is 0 Å². The van der Waals surface area contributed by atoms with Gasteiger partial charge in [-0.2, -0.15) is 5.10 Å². The van der Waals surface area contributed by atoms with Crippen LogP contribution in [0, 0.1) is 0 Å². The Kier molecular flexibility index (Phi) is 5.41. The summed E-state index contributed by atoms with van der Waals surface area (Å²) in [7, 11) is 0. The molecule has 0 unspecified atom stereocenters. The number of amides is 1. The maximum atomic E-state index is 12.5. The first-order valence-electron chi connectivity index (χ1n) is 10.2. The molecule has 1 aliphatic heterocycles. The number of aromatic nitrogens is 3. The number of hydrogen-bond acceptors (Lipinski definition) is 3. The van der Waals surface area contributed by atoms with Gasteiger partial charge in [-0.05, 0) is 50.0 Å². The normalized spacial score (nSPS) is 22.7. The molecular formula is C21H28N4O2. The molecule has 1 saturated carbocycles. The van der Waals surface area contributed by atoms with Crippen molar-refractivity contribution in [3.63, 3.8) is 0 Å². The molecule has 1 aromatic carbocycles. The third-order valence-corrected chi connectivity index (χ3v) is 5.94. The van der Waals surface area contributed by atoms with Crippen LogP contribution >= 0.6 is 0 Å². The van der Waals surface area contributed by atoms with Gasteiger partial charge in [0.25, 0.3) is 0 Å². The summed E-state index contributed by atoms with van der Waals surface area (Å²) in [5, 5.41) is 7.51. The highest BCUT2D eigenvalue weighted by atomic mass is 16.2. The lowest BCUT2D eigenvalue weighted by Crippen LogP contribution is -2.41. The molecule has 1 aliphatic carbocycles. The van der Waals surface area contributed by atoms with E-state index in [2.05, 4.69) is 34.7 Å². The SMILES string of the molecule is O=C(Cn1nc2n(c1=O)CCCCC2)NC1CCC(c2ccccc2)CC1. The van der Waals surface area contributed by atoms with Crippen molar-refractivity contribution in [2.75, 3.05) is 0 Å². The van der Waals surface area contributed by atoms with Gasteiger partial charge in [-0.25, -0.2) is 9.48 Å². The van der Waals surface area contributed by atoms with Crippen LogP contribution in [0.15, 0.2) is 35.1 Å². The number of aryl methyl sites for hydroxylation is 1. The highest BCUT2D eigenvalue weighted by Crippen LogP contribution is 2.32. The van der Waals surface area contributed by atoms with Gasteiger partial charge in [0.1, 0.15) is 12.4 Å². The van der Waals surface area contributed by atoms with Gasteiger partial charge in [0.05, 0.1) is 0 Å². The molecule has 144 valence electrons. The number of carbonyl (C=O) groups is 1. The van der Waals surface area contributed by atoms with Crippen LogP contribution < -0.4 is 11.0 Å². The number of carbonyl (C=O) groups excluding carboxylic acids is 1. The molecule has 0 bridgehead atoms. The minimum atomic E-state index is -0.144. The standard InChI is InChI=1S/C21H28N4O2/c26-20(15-25-21(27)24-14-6-2-5-9-19(24)23-25)22-18-12-10-17(11-13-18)16-7-3-1-4-8-16/h1,3-4,7-8,17-18H,2,5-6,9-15H2,(H,22,26). The molecule has 6 nitrogen and oxygen atoms in total. The van der Waals surface area contributed by atoms with Crippen LogP contribution in [0.4, 0.5) is 0 Å². The molecule has 4 rings (SSSR count). The molecule has 27 heavy (non-hydrogen) atoms. The summed E-state index contributed by atoms with van der Waals surface area (Å²) < 4.78 is 3.08. The van der Waals surface area contributed by atoms with Crippen molar-refractivity contribution in [2.45, 2.75) is 76.4 Å². The molecule has 2 heterocycles. The van der Waals surface area contributed by atoms with Crippen molar-refractivity contribution in [2.24, 2.45) is 0 Å². The van der Waals surface area contributed by atoms with E-state index in [9.17, 15) is 9.59 Å². The first-order chi connectivity index (χ1) is 13.2. The van der Waals surface area contributed by atoms with E-state index in [0.717, 1.165) is 63.7 Å². The summed E-state index contributed by atoms with van der Waals surface area (Å²) in [6.45, 7) is 0.747. The topological polar surface area (TPSA) is 68.9 Å². The summed E-state index contributed by atoms with van der Waals surface area (Å²) in [4.78, 5) is 24.9. The molecule has 1 fully saturated rings. The van der Waals surface area contributed by atoms with E-state index in [1.165, 1.54) is 10.2 Å². The second-order valence-electron chi connectivity index (χ2n) is 7.85. The lowest BCUT2D eigenvalue weighted by molar-refractivity contribution is -0.122. The van der Waals surface area contributed by atoms with E-state index >= 15 is 0 Å². The second kappa shape index (κ2) is 8.11. The fourth-order valence-corrected chi connectivity index (χ4v) is 4.43. The molecule has 0 atom stereocenters. The smallest absolute Gasteiger partial charge is 0.346 e. The molecule has 2 aliphatic rings. The average molecular weight is 368 g/mol. The van der Waals surface area contributed by atoms with Gasteiger partial charge in [-0.15, -0.1) is 0 Å². The number of rotatable bonds is 4. The molecule has 0 spiro atoms. The van der Waals surface area contributed by atoms with E-state index in [1.54, 1.807) is 4.57 Å². The van der Waals surface area contributed by atoms with Crippen LogP contribution in [0.3, 0.4) is 0 Å². The average Bonchev–Trinajstić information content (AvgIpc) is 2.86. The summed E-state index contributed by atoms with van der Waals surface area (Å²) in [6.07, 6.45) is 8.19. The Labute approximate surface area is 159 Å². The quantitative estimate of drug-likeness (QED) is 0.902. The summed E-state index contributed by atoms with van der Waals surface area (Å²) >= 11 is 0. The number of fused-ring (bicyclic) bond motifs is 1. The highest BCUT2D eigenvalue weighted by molar-refractivity contribution is 5.75. The van der Waals surface area contributed by atoms with Crippen molar-refractivity contribution in [3.05, 3.63) is 52.2 Å². The molecular weight excluding hydrogens is 340 g/mol. The maximum absolute atomic E-state index is 12.5. The third-order valence-electron chi connectivity index (χ3n) is 5.94. The Balaban J connectivity index is 1.31. The number of benzene rings is 1. The fourth-order valence-electron chi connectivity index (χ4n) is 4.43. The van der Waals surface area contributed by atoms with Gasteiger partial charge < -0.3 is 5.32 Å². The largest absolute Gasteiger partial charge is 0.352 e. The van der Waals surface area contributed by atoms with Crippen molar-refractivity contribution < 1.29 is 4.79 Å². The van der Waals surface area contributed by atoms with Crippen molar-refractivity contribution in [1.29, 1.82) is 0 Å². The Morgan fingerprint density at radius 3 is 2.63 bits per heavy atom. The zero-order valence-corrected chi connectivity index (χ0v) is 15.8. The van der Waals surface area contributed by atoms with E-state index in [-0.39, 0.29) is 24.2 Å². The molecule has 2 aromatic rings. The van der Waals surface area contributed by atoms with Gasteiger partial charge in [0.2, 0.25) is 5.91 Å². The molecule has 1 N–H and O–H groups in total. The fraction of sp³-hybridized carbons (Fsp3) is 0.571. The number of hydrogen-bond donors (Lipinski definition) is 1. The maximum Gasteiger partial charge on any atom is 0.346 e. The zero-order valence-electron chi connectivity index (χ0n) is 15.8. The Bertz CT molecular complexity index is 832. The van der Waals surface area contributed by atoms with Crippen molar-refractivity contribution in [3.8, 4) is 0 Å². The van der Waals surface area contributed by atoms with Gasteiger partial charge in [-0.1, -0.05) is 36.8 Å². The second-order valence-corrected chi connectivity index (χ2v) is 7.85.